The third-order valence-corrected chi connectivity index (χ3v) is 3.68. The monoisotopic (exact) mass is 331 g/mol. The molecule has 0 N–H and O–H groups in total. The summed E-state index contributed by atoms with van der Waals surface area (Å²) >= 11 is 0. The highest BCUT2D eigenvalue weighted by atomic mass is 127. The fraction of sp³-hybridized carbons (Fsp3) is 0.571. The number of fused-ring (bicyclic) bond motifs is 1. The van der Waals surface area contributed by atoms with Crippen LogP contribution in [0.1, 0.15) is 31.7 Å². The van der Waals surface area contributed by atoms with E-state index < -0.39 is 0 Å². The average Bonchev–Trinajstić information content (AvgIpc) is 2.27. The van der Waals surface area contributed by atoms with E-state index in [1.807, 2.05) is 0 Å². The number of hydrogen-bond donors (Lipinski definition) is 0. The Balaban J connectivity index is 0.00000128. The predicted octanol–water partition coefficient (Wildman–Crippen LogP) is 0.374. The fourth-order valence-electron chi connectivity index (χ4n) is 2.73. The van der Waals surface area contributed by atoms with E-state index in [0.29, 0.717) is 0 Å². The molecule has 1 aliphatic heterocycles. The van der Waals surface area contributed by atoms with Crippen LogP contribution >= 0.6 is 0 Å². The minimum absolute atomic E-state index is 0. The van der Waals surface area contributed by atoms with Crippen molar-refractivity contribution in [3.05, 3.63) is 29.8 Å². The van der Waals surface area contributed by atoms with Gasteiger partial charge in [-0.2, -0.15) is 0 Å². The van der Waals surface area contributed by atoms with Gasteiger partial charge in [0.25, 0.3) is 0 Å². The van der Waals surface area contributed by atoms with Gasteiger partial charge in [-0.15, -0.1) is 0 Å². The first kappa shape index (κ1) is 14.0. The highest BCUT2D eigenvalue weighted by Crippen LogP contribution is 2.31. The lowest BCUT2D eigenvalue weighted by molar-refractivity contribution is -0.00000327. The maximum Gasteiger partial charge on any atom is 0.135 e. The Bertz CT molecular complexity index is 337. The molecule has 0 radical (unpaired) electrons. The number of benzene rings is 1. The van der Waals surface area contributed by atoms with Gasteiger partial charge >= 0.3 is 0 Å². The number of rotatable bonds is 3. The molecular formula is C14H22IN. The molecule has 0 bridgehead atoms. The average molecular weight is 331 g/mol. The molecule has 0 spiro atoms. The zero-order valence-electron chi connectivity index (χ0n) is 10.4. The zero-order chi connectivity index (χ0) is 10.7. The van der Waals surface area contributed by atoms with Gasteiger partial charge < -0.3 is 24.0 Å². The van der Waals surface area contributed by atoms with Crippen LogP contribution in [0.15, 0.2) is 24.3 Å². The van der Waals surface area contributed by atoms with E-state index in [1.54, 1.807) is 11.3 Å². The van der Waals surface area contributed by atoms with E-state index in [-0.39, 0.29) is 24.0 Å². The number of quaternary nitrogens is 1. The SMILES string of the molecule is CCCC[N+]1(C)CCCc2ccccc21.[I-]. The lowest BCUT2D eigenvalue weighted by atomic mass is 9.99. The largest absolute Gasteiger partial charge is 1.00 e. The molecule has 0 aliphatic carbocycles. The molecule has 1 heterocycles. The smallest absolute Gasteiger partial charge is 0.135 e. The van der Waals surface area contributed by atoms with Crippen LogP contribution in [-0.2, 0) is 6.42 Å². The third-order valence-electron chi connectivity index (χ3n) is 3.68. The molecule has 0 fully saturated rings. The van der Waals surface area contributed by atoms with Crippen LogP contribution in [0.25, 0.3) is 0 Å². The summed E-state index contributed by atoms with van der Waals surface area (Å²) in [5.74, 6) is 0. The van der Waals surface area contributed by atoms with Crippen molar-refractivity contribution in [1.29, 1.82) is 0 Å². The summed E-state index contributed by atoms with van der Waals surface area (Å²) in [6.45, 7) is 4.90. The molecule has 1 nitrogen and oxygen atoms in total. The van der Waals surface area contributed by atoms with Crippen molar-refractivity contribution in [2.24, 2.45) is 0 Å². The van der Waals surface area contributed by atoms with Gasteiger partial charge in [-0.3, -0.25) is 4.48 Å². The molecule has 2 rings (SSSR count). The Morgan fingerprint density at radius 3 is 2.75 bits per heavy atom. The van der Waals surface area contributed by atoms with Crippen LogP contribution in [0, 0.1) is 0 Å². The lowest BCUT2D eigenvalue weighted by Crippen LogP contribution is -3.00. The molecule has 90 valence electrons. The van der Waals surface area contributed by atoms with E-state index in [4.69, 9.17) is 0 Å². The maximum absolute atomic E-state index is 2.40. The molecule has 1 aromatic rings. The number of nitrogens with zero attached hydrogens (tertiary/aromatic N) is 1. The highest BCUT2D eigenvalue weighted by molar-refractivity contribution is 5.51. The van der Waals surface area contributed by atoms with Gasteiger partial charge in [0.15, 0.2) is 0 Å². The first-order valence-electron chi connectivity index (χ1n) is 6.19. The Hall–Kier alpha value is -0.0900. The Labute approximate surface area is 116 Å². The maximum atomic E-state index is 2.40. The van der Waals surface area contributed by atoms with Crippen LogP contribution < -0.4 is 28.5 Å². The third kappa shape index (κ3) is 2.77. The summed E-state index contributed by atoms with van der Waals surface area (Å²) in [6.07, 6.45) is 5.26. The second-order valence-electron chi connectivity index (χ2n) is 4.93. The van der Waals surface area contributed by atoms with Crippen LogP contribution in [0.4, 0.5) is 5.69 Å². The van der Waals surface area contributed by atoms with Crippen molar-refractivity contribution in [3.63, 3.8) is 0 Å². The van der Waals surface area contributed by atoms with Crippen LogP contribution in [0.3, 0.4) is 0 Å². The number of unbranched alkanes of at least 4 members (excludes halogenated alkanes) is 1. The van der Waals surface area contributed by atoms with E-state index in [1.165, 1.54) is 38.8 Å². The Kier molecular flexibility index (Phi) is 5.25. The Morgan fingerprint density at radius 2 is 2.00 bits per heavy atom. The van der Waals surface area contributed by atoms with Crippen molar-refractivity contribution < 1.29 is 24.0 Å². The molecule has 0 aromatic heterocycles. The van der Waals surface area contributed by atoms with Crippen LogP contribution in [-0.4, -0.2) is 20.1 Å². The first-order valence-corrected chi connectivity index (χ1v) is 6.19. The molecule has 0 amide bonds. The Morgan fingerprint density at radius 1 is 1.25 bits per heavy atom. The van der Waals surface area contributed by atoms with Crippen molar-refractivity contribution in [1.82, 2.24) is 4.48 Å². The normalized spacial score (nSPS) is 23.4. The minimum atomic E-state index is 0. The topological polar surface area (TPSA) is 0 Å². The summed E-state index contributed by atoms with van der Waals surface area (Å²) < 4.78 is 1.16. The summed E-state index contributed by atoms with van der Waals surface area (Å²) in [5.41, 5.74) is 3.14. The van der Waals surface area contributed by atoms with Gasteiger partial charge in [0.1, 0.15) is 5.69 Å². The standard InChI is InChI=1S/C14H22N.HI/c1-3-4-11-15(2)12-7-9-13-8-5-6-10-14(13)15;/h5-6,8,10H,3-4,7,9,11-12H2,1-2H3;1H/q+1;/p-1. The van der Waals surface area contributed by atoms with Gasteiger partial charge in [0.2, 0.25) is 0 Å². The summed E-state index contributed by atoms with van der Waals surface area (Å²) in [6, 6.07) is 8.99. The molecule has 2 heteroatoms. The van der Waals surface area contributed by atoms with Crippen LogP contribution in [0.5, 0.6) is 0 Å². The molecule has 1 aromatic carbocycles. The molecule has 0 saturated heterocycles. The number of aryl methyl sites for hydroxylation is 1. The number of hydrogen-bond acceptors (Lipinski definition) is 0. The molecule has 1 aliphatic rings. The quantitative estimate of drug-likeness (QED) is 0.555. The first-order chi connectivity index (χ1) is 7.26. The van der Waals surface area contributed by atoms with Crippen molar-refractivity contribution in [3.8, 4) is 0 Å². The lowest BCUT2D eigenvalue weighted by Gasteiger charge is -2.38. The summed E-state index contributed by atoms with van der Waals surface area (Å²) in [5, 5.41) is 0. The predicted molar refractivity (Wildman–Crippen MR) is 67.1 cm³/mol. The molecule has 0 saturated carbocycles. The molecule has 16 heavy (non-hydrogen) atoms. The molecular weight excluding hydrogens is 309 g/mol. The minimum Gasteiger partial charge on any atom is -1.00 e. The summed E-state index contributed by atoms with van der Waals surface area (Å²) in [4.78, 5) is 0. The van der Waals surface area contributed by atoms with Gasteiger partial charge in [-0.05, 0) is 18.9 Å². The van der Waals surface area contributed by atoms with Gasteiger partial charge in [-0.25, -0.2) is 0 Å². The number of halogens is 1. The molecule has 1 atom stereocenters. The van der Waals surface area contributed by atoms with E-state index in [9.17, 15) is 0 Å². The van der Waals surface area contributed by atoms with Crippen molar-refractivity contribution in [2.45, 2.75) is 32.6 Å². The second-order valence-corrected chi connectivity index (χ2v) is 4.93. The number of para-hydroxylation sites is 1. The van der Waals surface area contributed by atoms with Gasteiger partial charge in [-0.1, -0.05) is 31.5 Å². The van der Waals surface area contributed by atoms with Gasteiger partial charge in [0.05, 0.1) is 20.1 Å². The van der Waals surface area contributed by atoms with Gasteiger partial charge in [0, 0.05) is 12.0 Å². The zero-order valence-corrected chi connectivity index (χ0v) is 12.5. The fourth-order valence-corrected chi connectivity index (χ4v) is 2.73. The highest BCUT2D eigenvalue weighted by Gasteiger charge is 2.30. The van der Waals surface area contributed by atoms with Crippen LogP contribution in [0.2, 0.25) is 0 Å². The van der Waals surface area contributed by atoms with E-state index >= 15 is 0 Å². The summed E-state index contributed by atoms with van der Waals surface area (Å²) in [7, 11) is 2.40. The molecule has 1 unspecified atom stereocenters. The van der Waals surface area contributed by atoms with E-state index in [2.05, 4.69) is 38.2 Å². The van der Waals surface area contributed by atoms with E-state index in [0.717, 1.165) is 4.48 Å². The van der Waals surface area contributed by atoms with Crippen molar-refractivity contribution >= 4 is 5.69 Å². The van der Waals surface area contributed by atoms with Crippen molar-refractivity contribution in [2.75, 3.05) is 20.1 Å². The second kappa shape index (κ2) is 6.01.